The first kappa shape index (κ1) is 14.7. The monoisotopic (exact) mass is 292 g/mol. The van der Waals surface area contributed by atoms with E-state index in [0.29, 0.717) is 22.4 Å². The first-order valence-corrected chi connectivity index (χ1v) is 6.25. The fourth-order valence-corrected chi connectivity index (χ4v) is 1.97. The van der Waals surface area contributed by atoms with Crippen molar-refractivity contribution in [1.29, 1.82) is 0 Å². The molecule has 0 fully saturated rings. The first-order valence-electron chi connectivity index (χ1n) is 6.25. The molecule has 21 heavy (non-hydrogen) atoms. The summed E-state index contributed by atoms with van der Waals surface area (Å²) >= 11 is 0. The lowest BCUT2D eigenvalue weighted by Gasteiger charge is -2.07. The molecule has 0 spiro atoms. The second kappa shape index (κ2) is 5.74. The van der Waals surface area contributed by atoms with Crippen molar-refractivity contribution in [3.05, 3.63) is 23.9 Å². The molecule has 1 aromatic carbocycles. The second-order valence-corrected chi connectivity index (χ2v) is 4.48. The quantitative estimate of drug-likeness (QED) is 0.773. The molecule has 0 aliphatic carbocycles. The van der Waals surface area contributed by atoms with E-state index in [1.165, 1.54) is 21.1 Å². The number of rotatable bonds is 5. The van der Waals surface area contributed by atoms with Crippen molar-refractivity contribution in [3.63, 3.8) is 0 Å². The third-order valence-electron chi connectivity index (χ3n) is 3.12. The van der Waals surface area contributed by atoms with E-state index in [1.54, 1.807) is 18.2 Å². The summed E-state index contributed by atoms with van der Waals surface area (Å²) < 4.78 is 10.5. The zero-order valence-corrected chi connectivity index (χ0v) is 11.9. The summed E-state index contributed by atoms with van der Waals surface area (Å²) in [5.41, 5.74) is 0.853. The van der Waals surface area contributed by atoms with Gasteiger partial charge in [-0.1, -0.05) is 0 Å². The molecule has 1 atom stereocenters. The molecule has 1 amide bonds. The number of methoxy groups -OCH3 is 2. The maximum absolute atomic E-state index is 12.0. The van der Waals surface area contributed by atoms with Gasteiger partial charge in [-0.3, -0.25) is 9.59 Å². The van der Waals surface area contributed by atoms with Crippen LogP contribution in [0.1, 0.15) is 17.4 Å². The van der Waals surface area contributed by atoms with Crippen LogP contribution < -0.4 is 14.8 Å². The standard InChI is InChI=1S/C14H16N2O5/c1-7(14(18)19)15-13(17)9-6-8-10(20-2)4-5-11(21-3)12(8)16-9/h4-7,16H,1-3H3,(H,15,17)(H,18,19). The van der Waals surface area contributed by atoms with E-state index in [0.717, 1.165) is 0 Å². The molecule has 1 unspecified atom stereocenters. The summed E-state index contributed by atoms with van der Waals surface area (Å²) in [6, 6.07) is 4.07. The Morgan fingerprint density at radius 3 is 2.43 bits per heavy atom. The molecule has 112 valence electrons. The summed E-state index contributed by atoms with van der Waals surface area (Å²) in [4.78, 5) is 25.7. The average molecular weight is 292 g/mol. The van der Waals surface area contributed by atoms with Gasteiger partial charge in [0.2, 0.25) is 0 Å². The van der Waals surface area contributed by atoms with E-state index in [-0.39, 0.29) is 5.69 Å². The predicted molar refractivity (Wildman–Crippen MR) is 76.0 cm³/mol. The van der Waals surface area contributed by atoms with Crippen LogP contribution in [0.5, 0.6) is 11.5 Å². The van der Waals surface area contributed by atoms with Crippen LogP contribution in [0.2, 0.25) is 0 Å². The van der Waals surface area contributed by atoms with Crippen LogP contribution in [-0.2, 0) is 4.79 Å². The highest BCUT2D eigenvalue weighted by atomic mass is 16.5. The van der Waals surface area contributed by atoms with Gasteiger partial charge in [0, 0.05) is 5.39 Å². The lowest BCUT2D eigenvalue weighted by Crippen LogP contribution is -2.38. The van der Waals surface area contributed by atoms with Gasteiger partial charge < -0.3 is 24.9 Å². The fourth-order valence-electron chi connectivity index (χ4n) is 1.97. The third-order valence-corrected chi connectivity index (χ3v) is 3.12. The second-order valence-electron chi connectivity index (χ2n) is 4.48. The maximum atomic E-state index is 12.0. The van der Waals surface area contributed by atoms with Gasteiger partial charge in [0.15, 0.2) is 0 Å². The number of ether oxygens (including phenoxy) is 2. The summed E-state index contributed by atoms with van der Waals surface area (Å²) in [5, 5.41) is 11.9. The minimum absolute atomic E-state index is 0.237. The number of fused-ring (bicyclic) bond motifs is 1. The molecule has 3 N–H and O–H groups in total. The molecule has 0 saturated carbocycles. The number of amides is 1. The number of benzene rings is 1. The normalized spacial score (nSPS) is 12.0. The lowest BCUT2D eigenvalue weighted by molar-refractivity contribution is -0.138. The summed E-state index contributed by atoms with van der Waals surface area (Å²) in [7, 11) is 3.05. The van der Waals surface area contributed by atoms with Gasteiger partial charge in [-0.2, -0.15) is 0 Å². The Hall–Kier alpha value is -2.70. The molecule has 0 bridgehead atoms. The minimum atomic E-state index is -1.10. The summed E-state index contributed by atoms with van der Waals surface area (Å²) in [6.07, 6.45) is 0. The minimum Gasteiger partial charge on any atom is -0.496 e. The Morgan fingerprint density at radius 1 is 1.24 bits per heavy atom. The lowest BCUT2D eigenvalue weighted by atomic mass is 10.2. The molecular weight excluding hydrogens is 276 g/mol. The number of H-pyrrole nitrogens is 1. The van der Waals surface area contributed by atoms with E-state index < -0.39 is 17.9 Å². The molecule has 1 aromatic heterocycles. The summed E-state index contributed by atoms with van der Waals surface area (Å²) in [5.74, 6) is -0.455. The van der Waals surface area contributed by atoms with E-state index in [4.69, 9.17) is 14.6 Å². The molecule has 2 rings (SSSR count). The Labute approximate surface area is 120 Å². The van der Waals surface area contributed by atoms with Crippen LogP contribution in [0.3, 0.4) is 0 Å². The maximum Gasteiger partial charge on any atom is 0.325 e. The molecule has 0 radical (unpaired) electrons. The Balaban J connectivity index is 2.42. The van der Waals surface area contributed by atoms with Gasteiger partial charge in [0.05, 0.1) is 19.7 Å². The largest absolute Gasteiger partial charge is 0.496 e. The molecule has 2 aromatic rings. The van der Waals surface area contributed by atoms with Crippen LogP contribution in [-0.4, -0.2) is 42.2 Å². The van der Waals surface area contributed by atoms with Crippen molar-refractivity contribution >= 4 is 22.8 Å². The number of carboxylic acids is 1. The molecule has 0 saturated heterocycles. The van der Waals surface area contributed by atoms with Gasteiger partial charge >= 0.3 is 5.97 Å². The number of hydrogen-bond donors (Lipinski definition) is 3. The zero-order valence-electron chi connectivity index (χ0n) is 11.9. The van der Waals surface area contributed by atoms with Gasteiger partial charge in [-0.25, -0.2) is 0 Å². The number of carbonyl (C=O) groups excluding carboxylic acids is 1. The Kier molecular flexibility index (Phi) is 4.02. The van der Waals surface area contributed by atoms with E-state index >= 15 is 0 Å². The number of nitrogens with one attached hydrogen (secondary N) is 2. The highest BCUT2D eigenvalue weighted by Crippen LogP contribution is 2.33. The van der Waals surface area contributed by atoms with Crippen molar-refractivity contribution in [1.82, 2.24) is 10.3 Å². The molecule has 7 heteroatoms. The molecule has 0 aliphatic rings. The molecule has 0 aliphatic heterocycles. The number of aromatic amines is 1. The third kappa shape index (κ3) is 2.76. The van der Waals surface area contributed by atoms with Gasteiger partial charge in [-0.15, -0.1) is 0 Å². The van der Waals surface area contributed by atoms with Crippen molar-refractivity contribution in [2.75, 3.05) is 14.2 Å². The summed E-state index contributed by atoms with van der Waals surface area (Å²) in [6.45, 7) is 1.39. The molecule has 1 heterocycles. The smallest absolute Gasteiger partial charge is 0.325 e. The Bertz CT molecular complexity index is 651. The predicted octanol–water partition coefficient (Wildman–Crippen LogP) is 1.39. The fraction of sp³-hybridized carbons (Fsp3) is 0.286. The topological polar surface area (TPSA) is 101 Å². The van der Waals surface area contributed by atoms with Crippen molar-refractivity contribution in [2.45, 2.75) is 13.0 Å². The highest BCUT2D eigenvalue weighted by Gasteiger charge is 2.19. The number of carboxylic acid groups (broad SMARTS) is 1. The van der Waals surface area contributed by atoms with Gasteiger partial charge in [-0.05, 0) is 25.1 Å². The molecular formula is C14H16N2O5. The number of aromatic nitrogens is 1. The van der Waals surface area contributed by atoms with Crippen LogP contribution in [0.4, 0.5) is 0 Å². The van der Waals surface area contributed by atoms with E-state index in [9.17, 15) is 9.59 Å². The van der Waals surface area contributed by atoms with Gasteiger partial charge in [0.1, 0.15) is 23.2 Å². The number of aliphatic carboxylic acids is 1. The van der Waals surface area contributed by atoms with E-state index in [2.05, 4.69) is 10.3 Å². The highest BCUT2D eigenvalue weighted by molar-refractivity contribution is 6.02. The van der Waals surface area contributed by atoms with Crippen molar-refractivity contribution in [2.24, 2.45) is 0 Å². The first-order chi connectivity index (χ1) is 9.97. The number of carbonyl (C=O) groups is 2. The van der Waals surface area contributed by atoms with Crippen LogP contribution in [0, 0.1) is 0 Å². The average Bonchev–Trinajstić information content (AvgIpc) is 2.91. The zero-order chi connectivity index (χ0) is 15.6. The van der Waals surface area contributed by atoms with Crippen molar-refractivity contribution < 1.29 is 24.2 Å². The Morgan fingerprint density at radius 2 is 1.86 bits per heavy atom. The SMILES string of the molecule is COc1ccc(OC)c2[nH]c(C(=O)NC(C)C(=O)O)cc12. The van der Waals surface area contributed by atoms with Crippen LogP contribution in [0.25, 0.3) is 10.9 Å². The van der Waals surface area contributed by atoms with E-state index in [1.807, 2.05) is 0 Å². The van der Waals surface area contributed by atoms with Gasteiger partial charge in [0.25, 0.3) is 5.91 Å². The molecule has 7 nitrogen and oxygen atoms in total. The van der Waals surface area contributed by atoms with Crippen molar-refractivity contribution in [3.8, 4) is 11.5 Å². The number of hydrogen-bond acceptors (Lipinski definition) is 4. The van der Waals surface area contributed by atoms with Crippen LogP contribution >= 0.6 is 0 Å². The van der Waals surface area contributed by atoms with Crippen LogP contribution in [0.15, 0.2) is 18.2 Å².